The second-order valence-electron chi connectivity index (χ2n) is 7.40. The Bertz CT molecular complexity index is 872. The highest BCUT2D eigenvalue weighted by Crippen LogP contribution is 2.35. The smallest absolute Gasteiger partial charge is 0.234 e. The number of hydrogen-bond donors (Lipinski definition) is 1. The van der Waals surface area contributed by atoms with Gasteiger partial charge >= 0.3 is 0 Å². The molecular formula is C20H28ClN5OS. The van der Waals surface area contributed by atoms with E-state index >= 15 is 0 Å². The first kappa shape index (κ1) is 21.0. The molecule has 0 unspecified atom stereocenters. The number of carbonyl (C=O) groups is 1. The molecule has 1 N–H and O–H groups in total. The van der Waals surface area contributed by atoms with Crippen LogP contribution in [0.25, 0.3) is 11.4 Å². The molecule has 1 amide bonds. The summed E-state index contributed by atoms with van der Waals surface area (Å²) in [5.74, 6) is 0.823. The van der Waals surface area contributed by atoms with Crippen LogP contribution in [0.15, 0.2) is 24.3 Å². The Morgan fingerprint density at radius 1 is 1.36 bits per heavy atom. The predicted octanol–water partition coefficient (Wildman–Crippen LogP) is 4.27. The van der Waals surface area contributed by atoms with E-state index in [-0.39, 0.29) is 5.91 Å². The lowest BCUT2D eigenvalue weighted by Crippen LogP contribution is -2.36. The van der Waals surface area contributed by atoms with Crippen LogP contribution in [0.4, 0.5) is 0 Å². The average molecular weight is 422 g/mol. The Kier molecular flexibility index (Phi) is 7.26. The number of aromatic nitrogens is 3. The lowest BCUT2D eigenvalue weighted by atomic mass is 10.2. The van der Waals surface area contributed by atoms with E-state index in [0.717, 1.165) is 30.7 Å². The van der Waals surface area contributed by atoms with Crippen molar-refractivity contribution in [2.75, 3.05) is 20.1 Å². The zero-order valence-electron chi connectivity index (χ0n) is 16.5. The third-order valence-electron chi connectivity index (χ3n) is 5.04. The highest BCUT2D eigenvalue weighted by atomic mass is 35.5. The first-order valence-corrected chi connectivity index (χ1v) is 10.7. The number of hydrogen-bond acceptors (Lipinski definition) is 4. The van der Waals surface area contributed by atoms with Gasteiger partial charge in [-0.1, -0.05) is 43.5 Å². The van der Waals surface area contributed by atoms with E-state index in [1.54, 1.807) is 4.68 Å². The molecule has 3 rings (SSSR count). The predicted molar refractivity (Wildman–Crippen MR) is 115 cm³/mol. The van der Waals surface area contributed by atoms with Gasteiger partial charge < -0.3 is 5.32 Å². The van der Waals surface area contributed by atoms with Crippen molar-refractivity contribution in [1.29, 1.82) is 0 Å². The van der Waals surface area contributed by atoms with Crippen LogP contribution >= 0.6 is 23.8 Å². The fourth-order valence-corrected chi connectivity index (χ4v) is 4.23. The summed E-state index contributed by atoms with van der Waals surface area (Å²) in [6, 6.07) is 8.09. The van der Waals surface area contributed by atoms with E-state index in [2.05, 4.69) is 9.88 Å². The number of nitrogens with zero attached hydrogens (tertiary/aromatic N) is 4. The zero-order chi connectivity index (χ0) is 20.1. The van der Waals surface area contributed by atoms with Crippen molar-refractivity contribution in [3.8, 4) is 11.4 Å². The van der Waals surface area contributed by atoms with E-state index in [9.17, 15) is 4.79 Å². The summed E-state index contributed by atoms with van der Waals surface area (Å²) < 4.78 is 4.65. The Morgan fingerprint density at radius 3 is 2.75 bits per heavy atom. The molecule has 28 heavy (non-hydrogen) atoms. The van der Waals surface area contributed by atoms with Crippen LogP contribution in [0.5, 0.6) is 0 Å². The van der Waals surface area contributed by atoms with Gasteiger partial charge in [-0.2, -0.15) is 5.10 Å². The van der Waals surface area contributed by atoms with E-state index in [1.807, 2.05) is 43.1 Å². The molecule has 1 aliphatic carbocycles. The molecule has 0 saturated heterocycles. The van der Waals surface area contributed by atoms with Gasteiger partial charge in [0.15, 0.2) is 10.6 Å². The molecule has 1 saturated carbocycles. The van der Waals surface area contributed by atoms with Gasteiger partial charge in [-0.25, -0.2) is 4.68 Å². The maximum absolute atomic E-state index is 12.0. The van der Waals surface area contributed by atoms with Crippen LogP contribution in [0.2, 0.25) is 5.02 Å². The van der Waals surface area contributed by atoms with Gasteiger partial charge in [0.2, 0.25) is 5.91 Å². The Hall–Kier alpha value is -1.70. The number of rotatable bonds is 8. The topological polar surface area (TPSA) is 55.1 Å². The third kappa shape index (κ3) is 4.82. The molecule has 0 spiro atoms. The van der Waals surface area contributed by atoms with Crippen LogP contribution < -0.4 is 5.32 Å². The van der Waals surface area contributed by atoms with E-state index < -0.39 is 0 Å². The summed E-state index contributed by atoms with van der Waals surface area (Å²) in [6.45, 7) is 3.49. The molecule has 152 valence electrons. The summed E-state index contributed by atoms with van der Waals surface area (Å²) >= 11 is 12.2. The molecule has 0 bridgehead atoms. The maximum atomic E-state index is 12.0. The molecule has 1 aromatic carbocycles. The Balaban J connectivity index is 1.88. The van der Waals surface area contributed by atoms with Gasteiger partial charge in [0, 0.05) is 18.2 Å². The summed E-state index contributed by atoms with van der Waals surface area (Å²) in [6.07, 6.45) is 5.54. The van der Waals surface area contributed by atoms with Crippen LogP contribution in [-0.2, 0) is 11.5 Å². The fourth-order valence-electron chi connectivity index (χ4n) is 3.67. The van der Waals surface area contributed by atoms with Gasteiger partial charge in [-0.3, -0.25) is 14.3 Å². The van der Waals surface area contributed by atoms with Crippen molar-refractivity contribution < 1.29 is 4.79 Å². The minimum Gasteiger partial charge on any atom is -0.355 e. The van der Waals surface area contributed by atoms with Crippen LogP contribution in [0.3, 0.4) is 0 Å². The molecular weight excluding hydrogens is 394 g/mol. The standard InChI is InChI=1S/C20H28ClN5OS/c1-3-12-22-18(27)13-24(2)14-25-20(28)26(15-8-4-5-9-15)19(23-25)16-10-6-7-11-17(16)21/h6-7,10-11,15H,3-5,8-9,12-14H2,1-2H3,(H,22,27). The first-order valence-electron chi connectivity index (χ1n) is 9.90. The van der Waals surface area contributed by atoms with E-state index in [0.29, 0.717) is 35.6 Å². The largest absolute Gasteiger partial charge is 0.355 e. The summed E-state index contributed by atoms with van der Waals surface area (Å²) in [5, 5.41) is 8.38. The van der Waals surface area contributed by atoms with Crippen LogP contribution in [0, 0.1) is 4.77 Å². The normalized spacial score (nSPS) is 14.7. The quantitative estimate of drug-likeness (QED) is 0.647. The summed E-state index contributed by atoms with van der Waals surface area (Å²) in [5.41, 5.74) is 0.893. The molecule has 1 heterocycles. The Labute approximate surface area is 176 Å². The number of halogens is 1. The third-order valence-corrected chi connectivity index (χ3v) is 5.77. The van der Waals surface area contributed by atoms with Crippen molar-refractivity contribution in [2.45, 2.75) is 51.7 Å². The van der Waals surface area contributed by atoms with Crippen LogP contribution in [-0.4, -0.2) is 45.3 Å². The molecule has 2 aromatic rings. The number of nitrogens with one attached hydrogen (secondary N) is 1. The van der Waals surface area contributed by atoms with Crippen molar-refractivity contribution in [3.05, 3.63) is 34.1 Å². The van der Waals surface area contributed by atoms with Gasteiger partial charge in [0.05, 0.1) is 18.2 Å². The van der Waals surface area contributed by atoms with Crippen molar-refractivity contribution in [3.63, 3.8) is 0 Å². The monoisotopic (exact) mass is 421 g/mol. The first-order chi connectivity index (χ1) is 13.5. The SMILES string of the molecule is CCCNC(=O)CN(C)Cn1nc(-c2ccccc2Cl)n(C2CCCC2)c1=S. The maximum Gasteiger partial charge on any atom is 0.234 e. The zero-order valence-corrected chi connectivity index (χ0v) is 18.1. The van der Waals surface area contributed by atoms with Gasteiger partial charge in [0.25, 0.3) is 0 Å². The van der Waals surface area contributed by atoms with Gasteiger partial charge in [0.1, 0.15) is 0 Å². The number of carbonyl (C=O) groups excluding carboxylic acids is 1. The second kappa shape index (κ2) is 9.67. The minimum atomic E-state index is 0.0115. The molecule has 1 aromatic heterocycles. The Morgan fingerprint density at radius 2 is 2.07 bits per heavy atom. The van der Waals surface area contributed by atoms with Crippen molar-refractivity contribution in [2.24, 2.45) is 0 Å². The fraction of sp³-hybridized carbons (Fsp3) is 0.550. The molecule has 6 nitrogen and oxygen atoms in total. The number of likely N-dealkylation sites (N-methyl/N-ethyl adjacent to an activating group) is 1. The van der Waals surface area contributed by atoms with Gasteiger partial charge in [-0.15, -0.1) is 0 Å². The van der Waals surface area contributed by atoms with Crippen molar-refractivity contribution in [1.82, 2.24) is 24.6 Å². The van der Waals surface area contributed by atoms with E-state index in [1.165, 1.54) is 12.8 Å². The van der Waals surface area contributed by atoms with E-state index in [4.69, 9.17) is 28.9 Å². The number of amides is 1. The average Bonchev–Trinajstić information content (AvgIpc) is 3.29. The molecule has 0 radical (unpaired) electrons. The lowest BCUT2D eigenvalue weighted by Gasteiger charge is -2.16. The molecule has 1 fully saturated rings. The molecule has 0 aliphatic heterocycles. The highest BCUT2D eigenvalue weighted by molar-refractivity contribution is 7.71. The highest BCUT2D eigenvalue weighted by Gasteiger charge is 2.25. The lowest BCUT2D eigenvalue weighted by molar-refractivity contribution is -0.122. The van der Waals surface area contributed by atoms with Gasteiger partial charge in [-0.05, 0) is 50.7 Å². The second-order valence-corrected chi connectivity index (χ2v) is 8.17. The molecule has 8 heteroatoms. The summed E-state index contributed by atoms with van der Waals surface area (Å²) in [4.78, 5) is 13.9. The molecule has 0 atom stereocenters. The summed E-state index contributed by atoms with van der Waals surface area (Å²) in [7, 11) is 1.90. The number of benzene rings is 1. The molecule has 1 aliphatic rings. The minimum absolute atomic E-state index is 0.0115. The van der Waals surface area contributed by atoms with Crippen molar-refractivity contribution >= 4 is 29.7 Å². The van der Waals surface area contributed by atoms with Crippen LogP contribution in [0.1, 0.15) is 45.1 Å².